The molecule has 2 saturated heterocycles. The number of piperidine rings is 1. The summed E-state index contributed by atoms with van der Waals surface area (Å²) >= 11 is 0. The van der Waals surface area contributed by atoms with Crippen LogP contribution >= 0.6 is 0 Å². The normalized spacial score (nSPS) is 19.5. The lowest BCUT2D eigenvalue weighted by Crippen LogP contribution is -2.63. The minimum atomic E-state index is 0.307. The summed E-state index contributed by atoms with van der Waals surface area (Å²) in [7, 11) is 1.71. The number of ether oxygens (including phenoxy) is 2. The standard InChI is InChI=1S/C23H31N3O2/c1-27-22-15-20(7-8-21(22)28-17-19-5-3-2-4-6-19)16-26-13-9-23(10-14-26)18-24-11-12-25-23/h2-8,15,24-25H,9-14,16-18H2,1H3. The quantitative estimate of drug-likeness (QED) is 0.806. The van der Waals surface area contributed by atoms with Gasteiger partial charge in [-0.1, -0.05) is 36.4 Å². The fourth-order valence-electron chi connectivity index (χ4n) is 4.22. The van der Waals surface area contributed by atoms with Gasteiger partial charge in [0, 0.05) is 44.8 Å². The number of benzene rings is 2. The molecule has 0 aromatic heterocycles. The Kier molecular flexibility index (Phi) is 6.15. The molecule has 2 fully saturated rings. The van der Waals surface area contributed by atoms with Crippen molar-refractivity contribution in [2.75, 3.05) is 39.8 Å². The van der Waals surface area contributed by atoms with Crippen LogP contribution in [0.4, 0.5) is 0 Å². The number of piperazine rings is 1. The van der Waals surface area contributed by atoms with Gasteiger partial charge in [-0.15, -0.1) is 0 Å². The van der Waals surface area contributed by atoms with Crippen LogP contribution < -0.4 is 20.1 Å². The van der Waals surface area contributed by atoms with Gasteiger partial charge < -0.3 is 20.1 Å². The molecule has 2 aliphatic heterocycles. The molecular weight excluding hydrogens is 350 g/mol. The smallest absolute Gasteiger partial charge is 0.161 e. The number of nitrogens with one attached hydrogen (secondary N) is 2. The third kappa shape index (κ3) is 4.66. The molecule has 2 aromatic rings. The van der Waals surface area contributed by atoms with E-state index in [9.17, 15) is 0 Å². The average Bonchev–Trinajstić information content (AvgIpc) is 2.76. The lowest BCUT2D eigenvalue weighted by atomic mass is 9.86. The van der Waals surface area contributed by atoms with Gasteiger partial charge in [0.05, 0.1) is 7.11 Å². The van der Waals surface area contributed by atoms with E-state index in [1.165, 1.54) is 18.4 Å². The first-order valence-electron chi connectivity index (χ1n) is 10.3. The molecule has 0 unspecified atom stereocenters. The number of nitrogens with zero attached hydrogens (tertiary/aromatic N) is 1. The summed E-state index contributed by atoms with van der Waals surface area (Å²) in [5.74, 6) is 1.60. The number of hydrogen-bond donors (Lipinski definition) is 2. The van der Waals surface area contributed by atoms with Crippen molar-refractivity contribution in [2.24, 2.45) is 0 Å². The Morgan fingerprint density at radius 3 is 2.50 bits per heavy atom. The lowest BCUT2D eigenvalue weighted by Gasteiger charge is -2.45. The second-order valence-electron chi connectivity index (χ2n) is 7.92. The van der Waals surface area contributed by atoms with Crippen molar-refractivity contribution in [1.82, 2.24) is 15.5 Å². The molecule has 2 N–H and O–H groups in total. The maximum Gasteiger partial charge on any atom is 0.161 e. The molecule has 2 heterocycles. The van der Waals surface area contributed by atoms with Gasteiger partial charge in [-0.05, 0) is 36.1 Å². The average molecular weight is 382 g/mol. The van der Waals surface area contributed by atoms with Crippen LogP contribution in [0.2, 0.25) is 0 Å². The molecule has 150 valence electrons. The Morgan fingerprint density at radius 2 is 1.79 bits per heavy atom. The summed E-state index contributed by atoms with van der Waals surface area (Å²) in [6.45, 7) is 7.03. The first-order valence-corrected chi connectivity index (χ1v) is 10.3. The second-order valence-corrected chi connectivity index (χ2v) is 7.92. The van der Waals surface area contributed by atoms with E-state index in [4.69, 9.17) is 9.47 Å². The van der Waals surface area contributed by atoms with E-state index in [1.54, 1.807) is 7.11 Å². The first-order chi connectivity index (χ1) is 13.8. The Balaban J connectivity index is 1.34. The van der Waals surface area contributed by atoms with Crippen molar-refractivity contribution in [2.45, 2.75) is 31.5 Å². The molecule has 28 heavy (non-hydrogen) atoms. The first kappa shape index (κ1) is 19.2. The van der Waals surface area contributed by atoms with Gasteiger partial charge >= 0.3 is 0 Å². The monoisotopic (exact) mass is 381 g/mol. The summed E-state index contributed by atoms with van der Waals surface area (Å²) in [5, 5.41) is 7.29. The number of likely N-dealkylation sites (tertiary alicyclic amines) is 1. The molecule has 4 rings (SSSR count). The molecule has 0 radical (unpaired) electrons. The van der Waals surface area contributed by atoms with Crippen molar-refractivity contribution < 1.29 is 9.47 Å². The number of rotatable bonds is 6. The Bertz CT molecular complexity index is 750. The Labute approximate surface area is 168 Å². The van der Waals surface area contributed by atoms with Gasteiger partial charge in [0.25, 0.3) is 0 Å². The minimum absolute atomic E-state index is 0.307. The van der Waals surface area contributed by atoms with Crippen LogP contribution in [0, 0.1) is 0 Å². The van der Waals surface area contributed by atoms with Crippen LogP contribution in [0.15, 0.2) is 48.5 Å². The van der Waals surface area contributed by atoms with Gasteiger partial charge in [-0.25, -0.2) is 0 Å². The fourth-order valence-corrected chi connectivity index (χ4v) is 4.22. The van der Waals surface area contributed by atoms with Crippen LogP contribution in [0.3, 0.4) is 0 Å². The second kappa shape index (κ2) is 8.95. The maximum atomic E-state index is 5.98. The molecule has 1 spiro atoms. The molecule has 0 bridgehead atoms. The van der Waals surface area contributed by atoms with E-state index in [2.05, 4.69) is 39.8 Å². The highest BCUT2D eigenvalue weighted by Crippen LogP contribution is 2.30. The van der Waals surface area contributed by atoms with Crippen LogP contribution in [0.25, 0.3) is 0 Å². The van der Waals surface area contributed by atoms with E-state index in [0.717, 1.165) is 56.3 Å². The largest absolute Gasteiger partial charge is 0.493 e. The van der Waals surface area contributed by atoms with Crippen molar-refractivity contribution in [3.05, 3.63) is 59.7 Å². The van der Waals surface area contributed by atoms with Crippen molar-refractivity contribution >= 4 is 0 Å². The zero-order chi connectivity index (χ0) is 19.2. The van der Waals surface area contributed by atoms with E-state index in [1.807, 2.05) is 24.3 Å². The molecule has 0 amide bonds. The topological polar surface area (TPSA) is 45.8 Å². The number of hydrogen-bond acceptors (Lipinski definition) is 5. The van der Waals surface area contributed by atoms with Crippen LogP contribution in [0.1, 0.15) is 24.0 Å². The van der Waals surface area contributed by atoms with Crippen molar-refractivity contribution in [3.8, 4) is 11.5 Å². The predicted molar refractivity (Wildman–Crippen MR) is 112 cm³/mol. The fraction of sp³-hybridized carbons (Fsp3) is 0.478. The van der Waals surface area contributed by atoms with E-state index >= 15 is 0 Å². The molecule has 2 aromatic carbocycles. The molecule has 5 nitrogen and oxygen atoms in total. The zero-order valence-electron chi connectivity index (χ0n) is 16.7. The van der Waals surface area contributed by atoms with Crippen LogP contribution in [-0.2, 0) is 13.2 Å². The summed E-state index contributed by atoms with van der Waals surface area (Å²) in [6.07, 6.45) is 2.41. The van der Waals surface area contributed by atoms with Gasteiger partial charge in [0.2, 0.25) is 0 Å². The summed E-state index contributed by atoms with van der Waals surface area (Å²) in [4.78, 5) is 2.54. The van der Waals surface area contributed by atoms with E-state index in [-0.39, 0.29) is 0 Å². The summed E-state index contributed by atoms with van der Waals surface area (Å²) in [6, 6.07) is 16.5. The molecule has 0 aliphatic carbocycles. The SMILES string of the molecule is COc1cc(CN2CCC3(CC2)CNCCN3)ccc1OCc1ccccc1. The Morgan fingerprint density at radius 1 is 0.964 bits per heavy atom. The van der Waals surface area contributed by atoms with E-state index in [0.29, 0.717) is 12.1 Å². The lowest BCUT2D eigenvalue weighted by molar-refractivity contribution is 0.116. The summed E-state index contributed by atoms with van der Waals surface area (Å²) in [5.41, 5.74) is 2.73. The third-order valence-corrected chi connectivity index (χ3v) is 5.95. The zero-order valence-corrected chi connectivity index (χ0v) is 16.7. The summed E-state index contributed by atoms with van der Waals surface area (Å²) < 4.78 is 11.6. The van der Waals surface area contributed by atoms with Crippen LogP contribution in [-0.4, -0.2) is 50.3 Å². The predicted octanol–water partition coefficient (Wildman–Crippen LogP) is 2.80. The maximum absolute atomic E-state index is 5.98. The third-order valence-electron chi connectivity index (χ3n) is 5.95. The van der Waals surface area contributed by atoms with E-state index < -0.39 is 0 Å². The van der Waals surface area contributed by atoms with Crippen molar-refractivity contribution in [3.63, 3.8) is 0 Å². The molecule has 2 aliphatic rings. The van der Waals surface area contributed by atoms with Gasteiger partial charge in [0.1, 0.15) is 6.61 Å². The van der Waals surface area contributed by atoms with Gasteiger partial charge in [-0.3, -0.25) is 4.90 Å². The Hall–Kier alpha value is -2.08. The van der Waals surface area contributed by atoms with Gasteiger partial charge in [0.15, 0.2) is 11.5 Å². The highest BCUT2D eigenvalue weighted by atomic mass is 16.5. The highest BCUT2D eigenvalue weighted by Gasteiger charge is 2.35. The molecule has 0 saturated carbocycles. The minimum Gasteiger partial charge on any atom is -0.493 e. The van der Waals surface area contributed by atoms with Crippen molar-refractivity contribution in [1.29, 1.82) is 0 Å². The molecule has 5 heteroatoms. The van der Waals surface area contributed by atoms with Gasteiger partial charge in [-0.2, -0.15) is 0 Å². The number of methoxy groups -OCH3 is 1. The molecular formula is C23H31N3O2. The molecule has 0 atom stereocenters. The highest BCUT2D eigenvalue weighted by molar-refractivity contribution is 5.43. The van der Waals surface area contributed by atoms with Crippen LogP contribution in [0.5, 0.6) is 11.5 Å².